The molecule has 0 saturated heterocycles. The molecular weight excluding hydrogens is 493 g/mol. The minimum Gasteiger partial charge on any atom is -0.468 e. The molecule has 0 amide bonds. The fraction of sp³-hybridized carbons (Fsp3) is 0.172. The molecule has 3 aromatic carbocycles. The van der Waals surface area contributed by atoms with Crippen LogP contribution in [0.15, 0.2) is 99.1 Å². The van der Waals surface area contributed by atoms with Gasteiger partial charge < -0.3 is 9.73 Å². The Morgan fingerprint density at radius 2 is 1.76 bits per heavy atom. The minimum atomic E-state index is -0.487. The number of fused-ring (bicyclic) bond motifs is 1. The maximum atomic E-state index is 13.6. The summed E-state index contributed by atoms with van der Waals surface area (Å²) in [5.74, 6) is 0.446. The van der Waals surface area contributed by atoms with Crippen molar-refractivity contribution in [3.63, 3.8) is 0 Å². The van der Waals surface area contributed by atoms with Crippen molar-refractivity contribution < 1.29 is 8.81 Å². The number of aryl methyl sites for hydroxylation is 1. The van der Waals surface area contributed by atoms with Crippen LogP contribution in [0.1, 0.15) is 23.3 Å². The molecule has 0 saturated carbocycles. The van der Waals surface area contributed by atoms with Crippen molar-refractivity contribution in [2.45, 2.75) is 25.9 Å². The van der Waals surface area contributed by atoms with Crippen molar-refractivity contribution in [3.8, 4) is 5.69 Å². The van der Waals surface area contributed by atoms with Gasteiger partial charge in [-0.1, -0.05) is 41.9 Å². The molecule has 2 heterocycles. The highest BCUT2D eigenvalue weighted by Gasteiger charge is 2.16. The third-order valence-corrected chi connectivity index (χ3v) is 6.64. The molecule has 0 fully saturated rings. The summed E-state index contributed by atoms with van der Waals surface area (Å²) < 4.78 is 21.5. The van der Waals surface area contributed by atoms with Crippen LogP contribution in [0.25, 0.3) is 16.6 Å². The van der Waals surface area contributed by atoms with Gasteiger partial charge in [-0.05, 0) is 79.0 Å². The number of benzene rings is 3. The molecule has 0 radical (unpaired) electrons. The van der Waals surface area contributed by atoms with Gasteiger partial charge in [-0.3, -0.25) is 9.36 Å². The molecule has 0 bridgehead atoms. The summed E-state index contributed by atoms with van der Waals surface area (Å²) in [6.07, 6.45) is 3.44. The Kier molecular flexibility index (Phi) is 7.35. The monoisotopic (exact) mass is 517 g/mol. The van der Waals surface area contributed by atoms with E-state index in [4.69, 9.17) is 16.0 Å². The van der Waals surface area contributed by atoms with Crippen molar-refractivity contribution in [1.82, 2.24) is 14.5 Å². The summed E-state index contributed by atoms with van der Waals surface area (Å²) in [6.45, 7) is 1.62. The largest absolute Gasteiger partial charge is 0.468 e. The number of rotatable bonds is 9. The maximum absolute atomic E-state index is 13.6. The van der Waals surface area contributed by atoms with E-state index >= 15 is 0 Å². The van der Waals surface area contributed by atoms with Crippen LogP contribution in [0.3, 0.4) is 0 Å². The van der Waals surface area contributed by atoms with Gasteiger partial charge in [0.15, 0.2) is 0 Å². The molecule has 2 aromatic heterocycles. The fourth-order valence-corrected chi connectivity index (χ4v) is 4.60. The molecule has 0 aliphatic heterocycles. The average molecular weight is 518 g/mol. The topological polar surface area (TPSA) is 69.2 Å². The van der Waals surface area contributed by atoms with Crippen LogP contribution in [0.2, 0.25) is 5.02 Å². The van der Waals surface area contributed by atoms with E-state index in [1.54, 1.807) is 48.7 Å². The standard InChI is InChI=1S/C29H25ClFN3O3/c30-26-17-22(31)12-11-21(26)19-33-27-8-2-1-7-25(27)28(35)34(29(33)36)23-13-9-20(10-14-23)5-3-15-32-18-24-6-4-16-37-24/h1-2,4,6-14,16-17,32H,3,5,15,18-19H2. The molecule has 0 aliphatic carbocycles. The zero-order valence-electron chi connectivity index (χ0n) is 20.0. The third kappa shape index (κ3) is 5.43. The van der Waals surface area contributed by atoms with Crippen molar-refractivity contribution in [3.05, 3.63) is 134 Å². The van der Waals surface area contributed by atoms with E-state index in [9.17, 15) is 14.0 Å². The Labute approximate surface area is 217 Å². The normalized spacial score (nSPS) is 11.3. The summed E-state index contributed by atoms with van der Waals surface area (Å²) in [6, 6.07) is 22.3. The summed E-state index contributed by atoms with van der Waals surface area (Å²) in [5.41, 5.74) is 1.79. The predicted octanol–water partition coefficient (Wildman–Crippen LogP) is 5.31. The van der Waals surface area contributed by atoms with E-state index in [1.807, 2.05) is 24.3 Å². The number of hydrogen-bond acceptors (Lipinski definition) is 4. The molecule has 8 heteroatoms. The van der Waals surface area contributed by atoms with Crippen molar-refractivity contribution >= 4 is 22.5 Å². The van der Waals surface area contributed by atoms with Gasteiger partial charge in [0.25, 0.3) is 5.56 Å². The lowest BCUT2D eigenvalue weighted by Crippen LogP contribution is -2.39. The van der Waals surface area contributed by atoms with E-state index in [1.165, 1.54) is 21.3 Å². The molecule has 37 heavy (non-hydrogen) atoms. The first-order chi connectivity index (χ1) is 18.0. The molecular formula is C29H25ClFN3O3. The lowest BCUT2D eigenvalue weighted by atomic mass is 10.1. The Morgan fingerprint density at radius 1 is 0.946 bits per heavy atom. The van der Waals surface area contributed by atoms with E-state index in [2.05, 4.69) is 5.32 Å². The molecule has 0 atom stereocenters. The molecule has 5 aromatic rings. The summed E-state index contributed by atoms with van der Waals surface area (Å²) in [4.78, 5) is 27.0. The lowest BCUT2D eigenvalue weighted by molar-refractivity contribution is 0.481. The summed E-state index contributed by atoms with van der Waals surface area (Å²) in [5, 5.41) is 3.98. The van der Waals surface area contributed by atoms with E-state index in [-0.39, 0.29) is 11.6 Å². The van der Waals surface area contributed by atoms with Crippen LogP contribution >= 0.6 is 11.6 Å². The quantitative estimate of drug-likeness (QED) is 0.269. The van der Waals surface area contributed by atoms with Crippen LogP contribution in [-0.4, -0.2) is 15.7 Å². The lowest BCUT2D eigenvalue weighted by Gasteiger charge is -2.15. The van der Waals surface area contributed by atoms with Gasteiger partial charge in [-0.15, -0.1) is 0 Å². The molecule has 5 rings (SSSR count). The fourth-order valence-electron chi connectivity index (χ4n) is 4.38. The highest BCUT2D eigenvalue weighted by molar-refractivity contribution is 6.31. The molecule has 1 N–H and O–H groups in total. The Balaban J connectivity index is 1.40. The van der Waals surface area contributed by atoms with Crippen molar-refractivity contribution in [2.75, 3.05) is 6.54 Å². The Hall–Kier alpha value is -3.94. The van der Waals surface area contributed by atoms with Gasteiger partial charge >= 0.3 is 5.69 Å². The second kappa shape index (κ2) is 11.0. The number of nitrogens with one attached hydrogen (secondary N) is 1. The van der Waals surface area contributed by atoms with Crippen LogP contribution in [0.5, 0.6) is 0 Å². The SMILES string of the molecule is O=c1c2ccccc2n(Cc2ccc(F)cc2Cl)c(=O)n1-c1ccc(CCCNCc2ccco2)cc1. The van der Waals surface area contributed by atoms with Gasteiger partial charge in [0, 0.05) is 5.02 Å². The Morgan fingerprint density at radius 3 is 2.51 bits per heavy atom. The van der Waals surface area contributed by atoms with Gasteiger partial charge in [-0.2, -0.15) is 0 Å². The van der Waals surface area contributed by atoms with Gasteiger partial charge in [-0.25, -0.2) is 13.8 Å². The second-order valence-corrected chi connectivity index (χ2v) is 9.20. The van der Waals surface area contributed by atoms with Crippen LogP contribution < -0.4 is 16.6 Å². The first kappa shape index (κ1) is 24.7. The highest BCUT2D eigenvalue weighted by Crippen LogP contribution is 2.20. The van der Waals surface area contributed by atoms with E-state index < -0.39 is 17.1 Å². The molecule has 0 spiro atoms. The number of halogens is 2. The van der Waals surface area contributed by atoms with Crippen LogP contribution in [-0.2, 0) is 19.5 Å². The van der Waals surface area contributed by atoms with Crippen molar-refractivity contribution in [2.24, 2.45) is 0 Å². The van der Waals surface area contributed by atoms with Crippen LogP contribution in [0.4, 0.5) is 4.39 Å². The average Bonchev–Trinajstić information content (AvgIpc) is 3.42. The van der Waals surface area contributed by atoms with E-state index in [0.717, 1.165) is 30.7 Å². The minimum absolute atomic E-state index is 0.0990. The van der Waals surface area contributed by atoms with Gasteiger partial charge in [0.1, 0.15) is 11.6 Å². The first-order valence-electron chi connectivity index (χ1n) is 12.0. The maximum Gasteiger partial charge on any atom is 0.336 e. The van der Waals surface area contributed by atoms with Gasteiger partial charge in [0.05, 0.1) is 35.9 Å². The van der Waals surface area contributed by atoms with Gasteiger partial charge in [0.2, 0.25) is 0 Å². The number of hydrogen-bond donors (Lipinski definition) is 1. The third-order valence-electron chi connectivity index (χ3n) is 6.29. The predicted molar refractivity (Wildman–Crippen MR) is 143 cm³/mol. The highest BCUT2D eigenvalue weighted by atomic mass is 35.5. The molecule has 0 aliphatic rings. The number of aromatic nitrogens is 2. The van der Waals surface area contributed by atoms with E-state index in [0.29, 0.717) is 28.7 Å². The van der Waals surface area contributed by atoms with Crippen LogP contribution in [0, 0.1) is 5.82 Å². The smallest absolute Gasteiger partial charge is 0.336 e. The molecule has 6 nitrogen and oxygen atoms in total. The number of nitrogens with zero attached hydrogens (tertiary/aromatic N) is 2. The summed E-state index contributed by atoms with van der Waals surface area (Å²) >= 11 is 6.24. The molecule has 0 unspecified atom stereocenters. The van der Waals surface area contributed by atoms with Crippen molar-refractivity contribution in [1.29, 1.82) is 0 Å². The zero-order valence-corrected chi connectivity index (χ0v) is 20.7. The second-order valence-electron chi connectivity index (χ2n) is 8.79. The zero-order chi connectivity index (χ0) is 25.8. The summed E-state index contributed by atoms with van der Waals surface area (Å²) in [7, 11) is 0. The number of furan rings is 1. The Bertz CT molecular complexity index is 1640. The first-order valence-corrected chi connectivity index (χ1v) is 12.4. The molecule has 188 valence electrons. The number of para-hydroxylation sites is 1.